The zero-order valence-electron chi connectivity index (χ0n) is 19.1. The summed E-state index contributed by atoms with van der Waals surface area (Å²) in [4.78, 5) is 17.5. The molecule has 6 nitrogen and oxygen atoms in total. The summed E-state index contributed by atoms with van der Waals surface area (Å²) in [6.45, 7) is 9.66. The normalized spacial score (nSPS) is 11.5. The van der Waals surface area contributed by atoms with Crippen LogP contribution in [0, 0.1) is 13.8 Å². The first-order chi connectivity index (χ1) is 15.4. The molecule has 0 aliphatic carbocycles. The third-order valence-corrected chi connectivity index (χ3v) is 5.65. The topological polar surface area (TPSA) is 71.3 Å². The highest BCUT2D eigenvalue weighted by atomic mass is 35.5. The van der Waals surface area contributed by atoms with Crippen molar-refractivity contribution < 1.29 is 4.79 Å². The lowest BCUT2D eigenvalue weighted by atomic mass is 10.1. The van der Waals surface area contributed by atoms with Gasteiger partial charge in [0.25, 0.3) is 5.91 Å². The van der Waals surface area contributed by atoms with Crippen LogP contribution in [0.15, 0.2) is 53.5 Å². The Labute approximate surface area is 194 Å². The Morgan fingerprint density at radius 3 is 2.53 bits per heavy atom. The van der Waals surface area contributed by atoms with Crippen molar-refractivity contribution in [3.63, 3.8) is 0 Å². The minimum atomic E-state index is -0.245. The molecule has 0 saturated carbocycles. The van der Waals surface area contributed by atoms with Crippen molar-refractivity contribution in [1.82, 2.24) is 15.1 Å². The van der Waals surface area contributed by atoms with E-state index >= 15 is 0 Å². The molecule has 0 fully saturated rings. The van der Waals surface area contributed by atoms with Gasteiger partial charge in [0.1, 0.15) is 0 Å². The monoisotopic (exact) mass is 451 g/mol. The maximum Gasteiger partial charge on any atom is 0.257 e. The number of hydrogen-bond acceptors (Lipinski definition) is 3. The van der Waals surface area contributed by atoms with Crippen LogP contribution < -0.4 is 10.6 Å². The summed E-state index contributed by atoms with van der Waals surface area (Å²) >= 11 is 5.95. The maximum atomic E-state index is 12.8. The van der Waals surface area contributed by atoms with Crippen LogP contribution in [-0.4, -0.2) is 28.2 Å². The van der Waals surface area contributed by atoms with Crippen LogP contribution in [0.4, 0.5) is 5.69 Å². The SMILES string of the molecule is CCc1cccc(NC(=NCCc2c(C)nn(CC)c2C)NC(=O)c2ccc(Cl)cc2)c1. The predicted molar refractivity (Wildman–Crippen MR) is 132 cm³/mol. The summed E-state index contributed by atoms with van der Waals surface area (Å²) in [5.74, 6) is 0.169. The molecule has 0 radical (unpaired) electrons. The van der Waals surface area contributed by atoms with Crippen LogP contribution in [0.1, 0.15) is 46.7 Å². The number of aromatic nitrogens is 2. The van der Waals surface area contributed by atoms with E-state index in [1.54, 1.807) is 24.3 Å². The van der Waals surface area contributed by atoms with Gasteiger partial charge in [-0.2, -0.15) is 5.10 Å². The highest BCUT2D eigenvalue weighted by Crippen LogP contribution is 2.15. The number of carbonyl (C=O) groups excluding carboxylic acids is 1. The van der Waals surface area contributed by atoms with E-state index < -0.39 is 0 Å². The van der Waals surface area contributed by atoms with Gasteiger partial charge in [0.05, 0.1) is 5.69 Å². The predicted octanol–water partition coefficient (Wildman–Crippen LogP) is 5.18. The van der Waals surface area contributed by atoms with Crippen LogP contribution in [0.5, 0.6) is 0 Å². The fraction of sp³-hybridized carbons (Fsp3) is 0.320. The number of rotatable bonds is 7. The van der Waals surface area contributed by atoms with E-state index in [0.29, 0.717) is 23.1 Å². The Morgan fingerprint density at radius 2 is 1.88 bits per heavy atom. The number of anilines is 1. The quantitative estimate of drug-likeness (QED) is 0.384. The number of hydrogen-bond donors (Lipinski definition) is 2. The lowest BCUT2D eigenvalue weighted by molar-refractivity contribution is 0.0977. The van der Waals surface area contributed by atoms with Crippen LogP contribution in [0.25, 0.3) is 0 Å². The standard InChI is InChI=1S/C25H30ClN5O/c1-5-19-8-7-9-22(16-19)28-25(29-24(32)20-10-12-21(26)13-11-20)27-15-14-23-17(3)30-31(6-2)18(23)4/h7-13,16H,5-6,14-15H2,1-4H3,(H2,27,28,29,32). The van der Waals surface area contributed by atoms with E-state index in [4.69, 9.17) is 11.6 Å². The van der Waals surface area contributed by atoms with Crippen molar-refractivity contribution in [2.75, 3.05) is 11.9 Å². The molecular weight excluding hydrogens is 422 g/mol. The first-order valence-electron chi connectivity index (χ1n) is 10.9. The van der Waals surface area contributed by atoms with Crippen LogP contribution in [0.2, 0.25) is 5.02 Å². The number of aliphatic imine (C=N–C) groups is 1. The second-order valence-electron chi connectivity index (χ2n) is 7.59. The van der Waals surface area contributed by atoms with Crippen molar-refractivity contribution in [1.29, 1.82) is 0 Å². The summed E-state index contributed by atoms with van der Waals surface area (Å²) in [5.41, 5.74) is 5.99. The number of carbonyl (C=O) groups is 1. The minimum absolute atomic E-state index is 0.245. The van der Waals surface area contributed by atoms with Crippen molar-refractivity contribution in [3.05, 3.63) is 81.6 Å². The van der Waals surface area contributed by atoms with Crippen LogP contribution >= 0.6 is 11.6 Å². The Kier molecular flexibility index (Phi) is 8.06. The number of guanidine groups is 1. The summed E-state index contributed by atoms with van der Waals surface area (Å²) < 4.78 is 2.01. The zero-order valence-corrected chi connectivity index (χ0v) is 19.8. The molecule has 32 heavy (non-hydrogen) atoms. The summed E-state index contributed by atoms with van der Waals surface area (Å²) in [6, 6.07) is 14.9. The lowest BCUT2D eigenvalue weighted by Gasteiger charge is -2.13. The van der Waals surface area contributed by atoms with Gasteiger partial charge in [-0.05, 0) is 81.1 Å². The molecule has 0 saturated heterocycles. The first kappa shape index (κ1) is 23.5. The molecule has 0 spiro atoms. The van der Waals surface area contributed by atoms with Crippen molar-refractivity contribution in [2.45, 2.75) is 47.1 Å². The van der Waals surface area contributed by atoms with Gasteiger partial charge < -0.3 is 5.32 Å². The van der Waals surface area contributed by atoms with Crippen molar-refractivity contribution >= 4 is 29.2 Å². The molecule has 2 N–H and O–H groups in total. The van der Waals surface area contributed by atoms with Gasteiger partial charge in [-0.3, -0.25) is 19.8 Å². The molecule has 2 aromatic carbocycles. The summed E-state index contributed by atoms with van der Waals surface area (Å²) in [5, 5.41) is 11.3. The van der Waals surface area contributed by atoms with Crippen molar-refractivity contribution in [2.24, 2.45) is 4.99 Å². The molecule has 1 amide bonds. The highest BCUT2D eigenvalue weighted by molar-refractivity contribution is 6.30. The molecule has 7 heteroatoms. The zero-order chi connectivity index (χ0) is 23.1. The third-order valence-electron chi connectivity index (χ3n) is 5.40. The van der Waals surface area contributed by atoms with E-state index in [9.17, 15) is 4.79 Å². The van der Waals surface area contributed by atoms with Gasteiger partial charge in [0.2, 0.25) is 5.96 Å². The molecule has 1 aromatic heterocycles. The molecule has 0 unspecified atom stereocenters. The van der Waals surface area contributed by atoms with Gasteiger partial charge in [0.15, 0.2) is 0 Å². The van der Waals surface area contributed by atoms with E-state index in [1.165, 1.54) is 11.1 Å². The van der Waals surface area contributed by atoms with Gasteiger partial charge in [-0.1, -0.05) is 30.7 Å². The number of halogens is 1. The smallest absolute Gasteiger partial charge is 0.257 e. The van der Waals surface area contributed by atoms with E-state index in [-0.39, 0.29) is 5.91 Å². The largest absolute Gasteiger partial charge is 0.326 e. The number of aryl methyl sites for hydroxylation is 3. The molecule has 3 aromatic rings. The second-order valence-corrected chi connectivity index (χ2v) is 8.02. The number of benzene rings is 2. The fourth-order valence-electron chi connectivity index (χ4n) is 3.58. The van der Waals surface area contributed by atoms with E-state index in [1.807, 2.05) is 23.7 Å². The Hall–Kier alpha value is -3.12. The molecule has 3 rings (SSSR count). The number of amides is 1. The van der Waals surface area contributed by atoms with Gasteiger partial charge in [-0.15, -0.1) is 0 Å². The second kappa shape index (κ2) is 11.0. The molecule has 0 aliphatic rings. The Morgan fingerprint density at radius 1 is 1.12 bits per heavy atom. The highest BCUT2D eigenvalue weighted by Gasteiger charge is 2.12. The van der Waals surface area contributed by atoms with E-state index in [2.05, 4.69) is 53.6 Å². The number of nitrogens with zero attached hydrogens (tertiary/aromatic N) is 3. The number of nitrogens with one attached hydrogen (secondary N) is 2. The van der Waals surface area contributed by atoms with E-state index in [0.717, 1.165) is 36.5 Å². The summed E-state index contributed by atoms with van der Waals surface area (Å²) in [7, 11) is 0. The molecule has 0 aliphatic heterocycles. The van der Waals surface area contributed by atoms with Gasteiger partial charge in [-0.25, -0.2) is 0 Å². The molecule has 168 valence electrons. The van der Waals surface area contributed by atoms with Crippen LogP contribution in [0.3, 0.4) is 0 Å². The van der Waals surface area contributed by atoms with Crippen molar-refractivity contribution in [3.8, 4) is 0 Å². The lowest BCUT2D eigenvalue weighted by Crippen LogP contribution is -2.36. The first-order valence-corrected chi connectivity index (χ1v) is 11.3. The minimum Gasteiger partial charge on any atom is -0.326 e. The molecule has 1 heterocycles. The third kappa shape index (κ3) is 5.98. The van der Waals surface area contributed by atoms with Gasteiger partial charge in [0, 0.05) is 35.1 Å². The average Bonchev–Trinajstić information content (AvgIpc) is 3.07. The maximum absolute atomic E-state index is 12.8. The summed E-state index contributed by atoms with van der Waals surface area (Å²) in [6.07, 6.45) is 1.67. The molecule has 0 atom stereocenters. The fourth-order valence-corrected chi connectivity index (χ4v) is 3.71. The Balaban J connectivity index is 1.79. The Bertz CT molecular complexity index is 1100. The van der Waals surface area contributed by atoms with Crippen LogP contribution in [-0.2, 0) is 19.4 Å². The van der Waals surface area contributed by atoms with Gasteiger partial charge >= 0.3 is 0 Å². The molecular formula is C25H30ClN5O. The molecule has 0 bridgehead atoms. The average molecular weight is 452 g/mol.